The molecule has 0 spiro atoms. The molecular weight excluding hydrogens is 248 g/mol. The molecule has 0 saturated carbocycles. The Morgan fingerprint density at radius 1 is 1.42 bits per heavy atom. The van der Waals surface area contributed by atoms with Crippen LogP contribution in [0.25, 0.3) is 0 Å². The van der Waals surface area contributed by atoms with Crippen LogP contribution in [0.2, 0.25) is 0 Å². The van der Waals surface area contributed by atoms with Crippen molar-refractivity contribution in [2.24, 2.45) is 5.92 Å². The van der Waals surface area contributed by atoms with Crippen molar-refractivity contribution in [3.8, 4) is 0 Å². The van der Waals surface area contributed by atoms with Crippen LogP contribution in [-0.4, -0.2) is 53.3 Å². The van der Waals surface area contributed by atoms with Gasteiger partial charge < -0.3 is 20.1 Å². The lowest BCUT2D eigenvalue weighted by molar-refractivity contribution is -0.139. The Balaban J connectivity index is 2.59. The second-order valence-electron chi connectivity index (χ2n) is 6.00. The second kappa shape index (κ2) is 6.23. The summed E-state index contributed by atoms with van der Waals surface area (Å²) in [6.45, 7) is 9.11. The fourth-order valence-corrected chi connectivity index (χ4v) is 2.12. The van der Waals surface area contributed by atoms with Gasteiger partial charge in [-0.3, -0.25) is 0 Å². The molecule has 1 rings (SSSR count). The van der Waals surface area contributed by atoms with Crippen LogP contribution >= 0.6 is 0 Å². The van der Waals surface area contributed by atoms with Crippen LogP contribution in [0.5, 0.6) is 0 Å². The van der Waals surface area contributed by atoms with Crippen molar-refractivity contribution in [3.05, 3.63) is 0 Å². The molecule has 1 fully saturated rings. The Labute approximate surface area is 114 Å². The molecule has 0 aliphatic carbocycles. The number of carboxylic acid groups (broad SMARTS) is 1. The maximum Gasteiger partial charge on any atom is 0.326 e. The van der Waals surface area contributed by atoms with E-state index in [1.807, 2.05) is 27.7 Å². The third kappa shape index (κ3) is 5.06. The van der Waals surface area contributed by atoms with Gasteiger partial charge in [0.1, 0.15) is 6.04 Å². The van der Waals surface area contributed by atoms with E-state index in [-0.39, 0.29) is 17.6 Å². The summed E-state index contributed by atoms with van der Waals surface area (Å²) in [6, 6.07) is -1.16. The molecular formula is C13H24N2O4. The first-order valence-corrected chi connectivity index (χ1v) is 6.63. The molecule has 1 atom stereocenters. The van der Waals surface area contributed by atoms with Crippen molar-refractivity contribution in [2.45, 2.75) is 45.8 Å². The van der Waals surface area contributed by atoms with Crippen molar-refractivity contribution in [2.75, 3.05) is 19.7 Å². The third-order valence-corrected chi connectivity index (χ3v) is 3.02. The van der Waals surface area contributed by atoms with Gasteiger partial charge in [-0.05, 0) is 26.2 Å². The Bertz CT molecular complexity index is 342. The van der Waals surface area contributed by atoms with Gasteiger partial charge in [0, 0.05) is 6.54 Å². The number of nitrogens with zero attached hydrogens (tertiary/aromatic N) is 1. The number of nitrogens with one attached hydrogen (secondary N) is 1. The summed E-state index contributed by atoms with van der Waals surface area (Å²) in [5.41, 5.74) is -0.383. The maximum atomic E-state index is 12.1. The van der Waals surface area contributed by atoms with Crippen molar-refractivity contribution in [3.63, 3.8) is 0 Å². The molecule has 0 unspecified atom stereocenters. The number of hydrogen-bond acceptors (Lipinski definition) is 3. The Hall–Kier alpha value is -1.30. The molecule has 2 amide bonds. The number of carboxylic acids is 1. The third-order valence-electron chi connectivity index (χ3n) is 3.02. The molecule has 0 radical (unpaired) electrons. The van der Waals surface area contributed by atoms with Crippen molar-refractivity contribution in [1.82, 2.24) is 10.2 Å². The normalized spacial score (nSPS) is 20.2. The molecule has 6 nitrogen and oxygen atoms in total. The first-order chi connectivity index (χ1) is 8.71. The number of morpholine rings is 1. The molecule has 6 heteroatoms. The van der Waals surface area contributed by atoms with Gasteiger partial charge >= 0.3 is 12.0 Å². The summed E-state index contributed by atoms with van der Waals surface area (Å²) < 4.78 is 5.52. The van der Waals surface area contributed by atoms with E-state index in [9.17, 15) is 9.59 Å². The van der Waals surface area contributed by atoms with E-state index in [4.69, 9.17) is 9.84 Å². The molecule has 1 aliphatic rings. The second-order valence-corrected chi connectivity index (χ2v) is 6.00. The lowest BCUT2D eigenvalue weighted by atomic mass is 10.0. The van der Waals surface area contributed by atoms with Crippen molar-refractivity contribution in [1.29, 1.82) is 0 Å². The number of amides is 2. The summed E-state index contributed by atoms with van der Waals surface area (Å²) in [7, 11) is 0. The van der Waals surface area contributed by atoms with Gasteiger partial charge in [-0.25, -0.2) is 9.59 Å². The molecule has 19 heavy (non-hydrogen) atoms. The zero-order valence-corrected chi connectivity index (χ0v) is 12.1. The molecule has 0 bridgehead atoms. The van der Waals surface area contributed by atoms with E-state index >= 15 is 0 Å². The number of carbonyl (C=O) groups excluding carboxylic acids is 1. The van der Waals surface area contributed by atoms with Crippen LogP contribution in [0.15, 0.2) is 0 Å². The Morgan fingerprint density at radius 3 is 2.53 bits per heavy atom. The van der Waals surface area contributed by atoms with Gasteiger partial charge in [0.15, 0.2) is 0 Å². The highest BCUT2D eigenvalue weighted by molar-refractivity contribution is 5.82. The summed E-state index contributed by atoms with van der Waals surface area (Å²) in [5.74, 6) is -0.780. The van der Waals surface area contributed by atoms with E-state index in [1.165, 1.54) is 0 Å². The Kier molecular flexibility index (Phi) is 5.17. The van der Waals surface area contributed by atoms with E-state index in [0.29, 0.717) is 26.1 Å². The summed E-state index contributed by atoms with van der Waals surface area (Å²) in [6.07, 6.45) is 0.425. The first kappa shape index (κ1) is 15.8. The Morgan fingerprint density at radius 2 is 2.05 bits per heavy atom. The monoisotopic (exact) mass is 272 g/mol. The van der Waals surface area contributed by atoms with Crippen LogP contribution < -0.4 is 5.32 Å². The van der Waals surface area contributed by atoms with Gasteiger partial charge in [0.25, 0.3) is 0 Å². The largest absolute Gasteiger partial charge is 0.480 e. The van der Waals surface area contributed by atoms with Gasteiger partial charge in [0.05, 0.1) is 18.8 Å². The molecule has 1 aliphatic heterocycles. The van der Waals surface area contributed by atoms with E-state index in [2.05, 4.69) is 5.32 Å². The lowest BCUT2D eigenvalue weighted by Crippen LogP contribution is -2.56. The van der Waals surface area contributed by atoms with Gasteiger partial charge in [0.2, 0.25) is 0 Å². The van der Waals surface area contributed by atoms with Crippen molar-refractivity contribution >= 4 is 12.0 Å². The minimum atomic E-state index is -0.991. The standard InChI is InChI=1S/C13H24N2O4/c1-9(2)7-10(11(16)17)14-12(18)15-5-6-19-13(3,4)8-15/h9-10H,5-8H2,1-4H3,(H,14,18)(H,16,17)/t10-/m1/s1. The fraction of sp³-hybridized carbons (Fsp3) is 0.846. The van der Waals surface area contributed by atoms with E-state index in [0.717, 1.165) is 0 Å². The number of aliphatic carboxylic acids is 1. The SMILES string of the molecule is CC(C)C[C@@H](NC(=O)N1CCOC(C)(C)C1)C(=O)O. The molecule has 2 N–H and O–H groups in total. The molecule has 1 saturated heterocycles. The summed E-state index contributed by atoms with van der Waals surface area (Å²) in [5, 5.41) is 11.7. The van der Waals surface area contributed by atoms with Crippen LogP contribution in [-0.2, 0) is 9.53 Å². The molecule has 0 aromatic rings. The minimum absolute atomic E-state index is 0.211. The smallest absolute Gasteiger partial charge is 0.326 e. The number of hydrogen-bond donors (Lipinski definition) is 2. The average Bonchev–Trinajstić information content (AvgIpc) is 2.25. The molecule has 1 heterocycles. The maximum absolute atomic E-state index is 12.1. The minimum Gasteiger partial charge on any atom is -0.480 e. The topological polar surface area (TPSA) is 78.9 Å². The quantitative estimate of drug-likeness (QED) is 0.808. The highest BCUT2D eigenvalue weighted by Gasteiger charge is 2.31. The molecule has 0 aromatic heterocycles. The van der Waals surface area contributed by atoms with Crippen LogP contribution in [0, 0.1) is 5.92 Å². The van der Waals surface area contributed by atoms with Gasteiger partial charge in [-0.15, -0.1) is 0 Å². The zero-order chi connectivity index (χ0) is 14.6. The highest BCUT2D eigenvalue weighted by Crippen LogP contribution is 2.16. The summed E-state index contributed by atoms with van der Waals surface area (Å²) in [4.78, 5) is 24.8. The van der Waals surface area contributed by atoms with Crippen molar-refractivity contribution < 1.29 is 19.4 Å². The van der Waals surface area contributed by atoms with Crippen LogP contribution in [0.4, 0.5) is 4.79 Å². The van der Waals surface area contributed by atoms with Crippen LogP contribution in [0.1, 0.15) is 34.1 Å². The van der Waals surface area contributed by atoms with Crippen LogP contribution in [0.3, 0.4) is 0 Å². The molecule has 110 valence electrons. The molecule has 0 aromatic carbocycles. The van der Waals surface area contributed by atoms with E-state index < -0.39 is 12.0 Å². The lowest BCUT2D eigenvalue weighted by Gasteiger charge is -2.38. The number of ether oxygens (including phenoxy) is 1. The highest BCUT2D eigenvalue weighted by atomic mass is 16.5. The number of urea groups is 1. The fourth-order valence-electron chi connectivity index (χ4n) is 2.12. The first-order valence-electron chi connectivity index (χ1n) is 6.63. The predicted molar refractivity (Wildman–Crippen MR) is 71.0 cm³/mol. The number of carbonyl (C=O) groups is 2. The number of rotatable bonds is 4. The van der Waals surface area contributed by atoms with Gasteiger partial charge in [-0.2, -0.15) is 0 Å². The zero-order valence-electron chi connectivity index (χ0n) is 12.1. The van der Waals surface area contributed by atoms with Gasteiger partial charge in [-0.1, -0.05) is 13.8 Å². The predicted octanol–water partition coefficient (Wildman–Crippen LogP) is 1.31. The summed E-state index contributed by atoms with van der Waals surface area (Å²) >= 11 is 0. The van der Waals surface area contributed by atoms with E-state index in [1.54, 1.807) is 4.90 Å². The average molecular weight is 272 g/mol.